The molecule has 0 saturated carbocycles. The van der Waals surface area contributed by atoms with Gasteiger partial charge in [0.05, 0.1) is 6.61 Å². The van der Waals surface area contributed by atoms with Crippen molar-refractivity contribution in [3.63, 3.8) is 0 Å². The quantitative estimate of drug-likeness (QED) is 0.924. The van der Waals surface area contributed by atoms with Crippen molar-refractivity contribution in [1.82, 2.24) is 4.90 Å². The smallest absolute Gasteiger partial charge is 0.409 e. The highest BCUT2D eigenvalue weighted by Crippen LogP contribution is 2.34. The fraction of sp³-hybridized carbons (Fsp3) is 0.500. The number of nitrogens with zero attached hydrogens (tertiary/aromatic N) is 1. The van der Waals surface area contributed by atoms with Gasteiger partial charge < -0.3 is 24.4 Å². The fourth-order valence-corrected chi connectivity index (χ4v) is 2.76. The minimum absolute atomic E-state index is 0.0348. The van der Waals surface area contributed by atoms with Crippen molar-refractivity contribution in [3.05, 3.63) is 18.2 Å². The second kappa shape index (κ2) is 6.76. The Morgan fingerprint density at radius 2 is 2.00 bits per heavy atom. The first-order valence-corrected chi connectivity index (χ1v) is 7.79. The molecular weight excluding hydrogens is 300 g/mol. The van der Waals surface area contributed by atoms with Crippen LogP contribution in [0, 0.1) is 5.92 Å². The topological polar surface area (TPSA) is 77.1 Å². The molecule has 0 aromatic heterocycles. The van der Waals surface area contributed by atoms with Crippen molar-refractivity contribution in [2.75, 3.05) is 31.8 Å². The van der Waals surface area contributed by atoms with Crippen LogP contribution in [0.1, 0.15) is 19.8 Å². The Morgan fingerprint density at radius 3 is 2.74 bits per heavy atom. The lowest BCUT2D eigenvalue weighted by Gasteiger charge is -2.30. The van der Waals surface area contributed by atoms with Gasteiger partial charge in [-0.15, -0.1) is 0 Å². The molecule has 1 N–H and O–H groups in total. The van der Waals surface area contributed by atoms with Crippen LogP contribution in [0.3, 0.4) is 0 Å². The van der Waals surface area contributed by atoms with Crippen LogP contribution in [0.4, 0.5) is 10.5 Å². The number of rotatable bonds is 3. The van der Waals surface area contributed by atoms with Crippen molar-refractivity contribution in [2.45, 2.75) is 19.8 Å². The van der Waals surface area contributed by atoms with Crippen molar-refractivity contribution < 1.29 is 23.8 Å². The second-order valence-electron chi connectivity index (χ2n) is 5.52. The van der Waals surface area contributed by atoms with Crippen LogP contribution in [0.15, 0.2) is 18.2 Å². The Hall–Kier alpha value is -2.44. The highest BCUT2D eigenvalue weighted by Gasteiger charge is 2.28. The SMILES string of the molecule is CCOC(=O)N1CCC(C(=O)Nc2ccc3c(c2)OCO3)CC1. The number of benzene rings is 1. The molecule has 1 aromatic carbocycles. The first-order chi connectivity index (χ1) is 11.2. The van der Waals surface area contributed by atoms with Gasteiger partial charge in [0, 0.05) is 30.8 Å². The minimum Gasteiger partial charge on any atom is -0.454 e. The maximum absolute atomic E-state index is 12.4. The van der Waals surface area contributed by atoms with Crippen LogP contribution in [-0.2, 0) is 9.53 Å². The van der Waals surface area contributed by atoms with Gasteiger partial charge in [0.1, 0.15) is 0 Å². The molecule has 0 atom stereocenters. The Kier molecular flexibility index (Phi) is 4.55. The molecule has 7 nitrogen and oxygen atoms in total. The fourth-order valence-electron chi connectivity index (χ4n) is 2.76. The third-order valence-electron chi connectivity index (χ3n) is 4.03. The molecule has 124 valence electrons. The van der Waals surface area contributed by atoms with Gasteiger partial charge in [0.15, 0.2) is 11.5 Å². The largest absolute Gasteiger partial charge is 0.454 e. The zero-order valence-corrected chi connectivity index (χ0v) is 13.0. The van der Waals surface area contributed by atoms with Crippen LogP contribution >= 0.6 is 0 Å². The Labute approximate surface area is 134 Å². The molecule has 2 aliphatic rings. The summed E-state index contributed by atoms with van der Waals surface area (Å²) in [6, 6.07) is 5.33. The minimum atomic E-state index is -0.304. The molecule has 0 spiro atoms. The number of carbonyl (C=O) groups is 2. The van der Waals surface area contributed by atoms with E-state index in [1.165, 1.54) is 0 Å². The zero-order valence-electron chi connectivity index (χ0n) is 13.0. The van der Waals surface area contributed by atoms with E-state index in [1.54, 1.807) is 30.0 Å². The number of piperidine rings is 1. The second-order valence-corrected chi connectivity index (χ2v) is 5.52. The Bertz CT molecular complexity index is 596. The number of carbonyl (C=O) groups excluding carboxylic acids is 2. The first kappa shape index (κ1) is 15.5. The van der Waals surface area contributed by atoms with Gasteiger partial charge in [-0.25, -0.2) is 4.79 Å². The average Bonchev–Trinajstić information content (AvgIpc) is 3.03. The average molecular weight is 320 g/mol. The number of fused-ring (bicyclic) bond motifs is 1. The monoisotopic (exact) mass is 320 g/mol. The molecular formula is C16H20N2O5. The first-order valence-electron chi connectivity index (χ1n) is 7.79. The molecule has 1 saturated heterocycles. The van der Waals surface area contributed by atoms with Crippen LogP contribution in [-0.4, -0.2) is 43.4 Å². The predicted molar refractivity (Wildman–Crippen MR) is 82.5 cm³/mol. The molecule has 0 radical (unpaired) electrons. The number of nitrogens with one attached hydrogen (secondary N) is 1. The van der Waals surface area contributed by atoms with Gasteiger partial charge in [-0.1, -0.05) is 0 Å². The number of likely N-dealkylation sites (tertiary alicyclic amines) is 1. The van der Waals surface area contributed by atoms with E-state index in [-0.39, 0.29) is 24.7 Å². The summed E-state index contributed by atoms with van der Waals surface area (Å²) in [5.41, 5.74) is 0.687. The van der Waals surface area contributed by atoms with Gasteiger partial charge in [0.2, 0.25) is 12.7 Å². The van der Waals surface area contributed by atoms with E-state index in [1.807, 2.05) is 0 Å². The molecule has 0 unspecified atom stereocenters. The highest BCUT2D eigenvalue weighted by molar-refractivity contribution is 5.93. The van der Waals surface area contributed by atoms with E-state index in [0.29, 0.717) is 49.7 Å². The normalized spacial score (nSPS) is 17.0. The van der Waals surface area contributed by atoms with E-state index in [4.69, 9.17) is 14.2 Å². The van der Waals surface area contributed by atoms with Gasteiger partial charge in [0.25, 0.3) is 0 Å². The van der Waals surface area contributed by atoms with Gasteiger partial charge >= 0.3 is 6.09 Å². The highest BCUT2D eigenvalue weighted by atomic mass is 16.7. The van der Waals surface area contributed by atoms with Crippen LogP contribution in [0.2, 0.25) is 0 Å². The van der Waals surface area contributed by atoms with E-state index in [2.05, 4.69) is 5.32 Å². The standard InChI is InChI=1S/C16H20N2O5/c1-2-21-16(20)18-7-5-11(6-8-18)15(19)17-12-3-4-13-14(9-12)23-10-22-13/h3-4,9,11H,2,5-8,10H2,1H3,(H,17,19). The number of anilines is 1. The van der Waals surface area contributed by atoms with E-state index < -0.39 is 0 Å². The van der Waals surface area contributed by atoms with Gasteiger partial charge in [-0.3, -0.25) is 4.79 Å². The van der Waals surface area contributed by atoms with E-state index in [9.17, 15) is 9.59 Å². The maximum atomic E-state index is 12.4. The third-order valence-corrected chi connectivity index (χ3v) is 4.03. The van der Waals surface area contributed by atoms with Crippen molar-refractivity contribution in [2.24, 2.45) is 5.92 Å². The van der Waals surface area contributed by atoms with Crippen molar-refractivity contribution >= 4 is 17.7 Å². The van der Waals surface area contributed by atoms with Crippen LogP contribution in [0.25, 0.3) is 0 Å². The zero-order chi connectivity index (χ0) is 16.2. The molecule has 1 fully saturated rings. The lowest BCUT2D eigenvalue weighted by atomic mass is 9.96. The summed E-state index contributed by atoms with van der Waals surface area (Å²) in [4.78, 5) is 25.7. The summed E-state index contributed by atoms with van der Waals surface area (Å²) in [5, 5.41) is 2.90. The molecule has 0 aliphatic carbocycles. The molecule has 3 rings (SSSR count). The lowest BCUT2D eigenvalue weighted by molar-refractivity contribution is -0.121. The van der Waals surface area contributed by atoms with Crippen molar-refractivity contribution in [3.8, 4) is 11.5 Å². The molecule has 7 heteroatoms. The summed E-state index contributed by atoms with van der Waals surface area (Å²) >= 11 is 0. The van der Waals surface area contributed by atoms with E-state index in [0.717, 1.165) is 0 Å². The Morgan fingerprint density at radius 1 is 1.26 bits per heavy atom. The molecule has 23 heavy (non-hydrogen) atoms. The number of ether oxygens (including phenoxy) is 3. The Balaban J connectivity index is 1.53. The summed E-state index contributed by atoms with van der Waals surface area (Å²) in [5.74, 6) is 1.18. The lowest BCUT2D eigenvalue weighted by Crippen LogP contribution is -2.41. The molecule has 0 bridgehead atoms. The van der Waals surface area contributed by atoms with Crippen LogP contribution in [0.5, 0.6) is 11.5 Å². The molecule has 2 amide bonds. The van der Waals surface area contributed by atoms with E-state index >= 15 is 0 Å². The number of hydrogen-bond acceptors (Lipinski definition) is 5. The molecule has 2 heterocycles. The predicted octanol–water partition coefficient (Wildman–Crippen LogP) is 2.22. The van der Waals surface area contributed by atoms with Gasteiger partial charge in [-0.05, 0) is 31.9 Å². The number of amides is 2. The summed E-state index contributed by atoms with van der Waals surface area (Å²) in [6.07, 6.45) is 0.965. The third kappa shape index (κ3) is 3.49. The molecule has 2 aliphatic heterocycles. The maximum Gasteiger partial charge on any atom is 0.409 e. The molecule has 1 aromatic rings. The summed E-state index contributed by atoms with van der Waals surface area (Å²) in [7, 11) is 0. The summed E-state index contributed by atoms with van der Waals surface area (Å²) < 4.78 is 15.5. The number of hydrogen-bond donors (Lipinski definition) is 1. The van der Waals surface area contributed by atoms with Crippen molar-refractivity contribution in [1.29, 1.82) is 0 Å². The van der Waals surface area contributed by atoms with Crippen LogP contribution < -0.4 is 14.8 Å². The summed E-state index contributed by atoms with van der Waals surface area (Å²) in [6.45, 7) is 3.43. The van der Waals surface area contributed by atoms with Gasteiger partial charge in [-0.2, -0.15) is 0 Å².